The molecule has 0 saturated heterocycles. The summed E-state index contributed by atoms with van der Waals surface area (Å²) in [4.78, 5) is 3.70. The third kappa shape index (κ3) is 3.56. The predicted octanol–water partition coefficient (Wildman–Crippen LogP) is 3.29. The molecule has 3 aromatic rings. The van der Waals surface area contributed by atoms with Crippen molar-refractivity contribution in [1.29, 1.82) is 0 Å². The molecule has 0 spiro atoms. The van der Waals surface area contributed by atoms with Crippen LogP contribution in [-0.4, -0.2) is 24.1 Å². The molecule has 3 rings (SSSR count). The summed E-state index contributed by atoms with van der Waals surface area (Å²) in [6.07, 6.45) is -3.44. The first-order valence-corrected chi connectivity index (χ1v) is 8.82. The van der Waals surface area contributed by atoms with E-state index in [0.29, 0.717) is 11.0 Å². The third-order valence-corrected chi connectivity index (χ3v) is 5.23. The van der Waals surface area contributed by atoms with Gasteiger partial charge in [0.1, 0.15) is 11.9 Å². The van der Waals surface area contributed by atoms with Crippen LogP contribution in [0.1, 0.15) is 11.6 Å². The maximum atomic E-state index is 13.4. The number of nitrogens with zero attached hydrogens (tertiary/aromatic N) is 2. The highest BCUT2D eigenvalue weighted by atomic mass is 32.2. The van der Waals surface area contributed by atoms with E-state index < -0.39 is 33.6 Å². The topological polar surface area (TPSA) is 64.0 Å². The van der Waals surface area contributed by atoms with Crippen molar-refractivity contribution in [2.75, 3.05) is 0 Å². The number of fused-ring (bicyclic) bond motifs is 1. The molecule has 1 aromatic heterocycles. The fraction of sp³-hybridized carbons (Fsp3) is 0.188. The van der Waals surface area contributed by atoms with Crippen LogP contribution in [0.2, 0.25) is 0 Å². The maximum absolute atomic E-state index is 13.4. The highest BCUT2D eigenvalue weighted by Crippen LogP contribution is 2.34. The molecule has 0 fully saturated rings. The Morgan fingerprint density at radius 2 is 1.77 bits per heavy atom. The lowest BCUT2D eigenvalue weighted by Crippen LogP contribution is -2.38. The Morgan fingerprint density at radius 1 is 1.12 bits per heavy atom. The lowest BCUT2D eigenvalue weighted by Gasteiger charge is -2.22. The summed E-state index contributed by atoms with van der Waals surface area (Å²) in [7, 11) is -2.86. The van der Waals surface area contributed by atoms with Gasteiger partial charge in [0.05, 0.1) is 22.3 Å². The van der Waals surface area contributed by atoms with Crippen molar-refractivity contribution in [1.82, 2.24) is 14.3 Å². The minimum absolute atomic E-state index is 0.329. The van der Waals surface area contributed by atoms with Crippen LogP contribution in [0, 0.1) is 5.82 Å². The van der Waals surface area contributed by atoms with Crippen LogP contribution in [0.3, 0.4) is 0 Å². The normalized spacial score (nSPS) is 13.9. The zero-order chi connectivity index (χ0) is 19.1. The standard InChI is InChI=1S/C16H13F4N3O2S/c1-23-9-21-13-7-6-12(8-14(13)23)26(24,25)22-15(16(18,19)20)10-2-4-11(17)5-3-10/h2-9,15,22H,1H3/t15-/m1/s1. The second-order valence-electron chi connectivity index (χ2n) is 5.65. The van der Waals surface area contributed by atoms with Gasteiger partial charge in [0.25, 0.3) is 0 Å². The smallest absolute Gasteiger partial charge is 0.334 e. The third-order valence-electron chi connectivity index (χ3n) is 3.81. The van der Waals surface area contributed by atoms with Crippen LogP contribution in [0.15, 0.2) is 53.7 Å². The monoisotopic (exact) mass is 387 g/mol. The van der Waals surface area contributed by atoms with Gasteiger partial charge in [-0.1, -0.05) is 12.1 Å². The summed E-state index contributed by atoms with van der Waals surface area (Å²) in [5.41, 5.74) is 0.555. The molecule has 2 aromatic carbocycles. The van der Waals surface area contributed by atoms with Crippen molar-refractivity contribution >= 4 is 21.1 Å². The second-order valence-corrected chi connectivity index (χ2v) is 7.37. The molecule has 0 unspecified atom stereocenters. The Morgan fingerprint density at radius 3 is 2.38 bits per heavy atom. The average molecular weight is 387 g/mol. The number of hydrogen-bond acceptors (Lipinski definition) is 3. The maximum Gasteiger partial charge on any atom is 0.408 e. The summed E-state index contributed by atoms with van der Waals surface area (Å²) in [5.74, 6) is -0.723. The van der Waals surface area contributed by atoms with Crippen LogP contribution in [0.5, 0.6) is 0 Å². The van der Waals surface area contributed by atoms with E-state index >= 15 is 0 Å². The van der Waals surface area contributed by atoms with E-state index in [0.717, 1.165) is 24.3 Å². The van der Waals surface area contributed by atoms with E-state index in [1.54, 1.807) is 16.3 Å². The van der Waals surface area contributed by atoms with Crippen molar-refractivity contribution in [2.24, 2.45) is 7.05 Å². The number of alkyl halides is 3. The summed E-state index contributed by atoms with van der Waals surface area (Å²) >= 11 is 0. The second kappa shape index (κ2) is 6.36. The van der Waals surface area contributed by atoms with Crippen molar-refractivity contribution < 1.29 is 26.0 Å². The number of nitrogens with one attached hydrogen (secondary N) is 1. The number of sulfonamides is 1. The summed E-state index contributed by atoms with van der Waals surface area (Å²) in [6, 6.07) is 4.77. The molecule has 1 N–H and O–H groups in total. The van der Waals surface area contributed by atoms with E-state index in [9.17, 15) is 26.0 Å². The van der Waals surface area contributed by atoms with Gasteiger partial charge in [-0.2, -0.15) is 17.9 Å². The van der Waals surface area contributed by atoms with Gasteiger partial charge in [-0.05, 0) is 35.9 Å². The first kappa shape index (κ1) is 18.3. The molecular formula is C16H13F4N3O2S. The van der Waals surface area contributed by atoms with Crippen LogP contribution >= 0.6 is 0 Å². The zero-order valence-electron chi connectivity index (χ0n) is 13.3. The number of rotatable bonds is 4. The van der Waals surface area contributed by atoms with E-state index in [2.05, 4.69) is 4.98 Å². The Kier molecular flexibility index (Phi) is 4.49. The van der Waals surface area contributed by atoms with Gasteiger partial charge in [-0.3, -0.25) is 0 Å². The van der Waals surface area contributed by atoms with Gasteiger partial charge in [-0.25, -0.2) is 17.8 Å². The van der Waals surface area contributed by atoms with Crippen LogP contribution in [0.4, 0.5) is 17.6 Å². The van der Waals surface area contributed by atoms with Crippen molar-refractivity contribution in [3.63, 3.8) is 0 Å². The minimum Gasteiger partial charge on any atom is -0.334 e. The Labute approximate surface area is 146 Å². The first-order chi connectivity index (χ1) is 12.1. The molecule has 1 heterocycles. The number of imidazole rings is 1. The molecule has 5 nitrogen and oxygen atoms in total. The number of aryl methyl sites for hydroxylation is 1. The van der Waals surface area contributed by atoms with Gasteiger partial charge in [0, 0.05) is 7.05 Å². The van der Waals surface area contributed by atoms with Crippen molar-refractivity contribution in [3.05, 3.63) is 60.2 Å². The highest BCUT2D eigenvalue weighted by Gasteiger charge is 2.43. The van der Waals surface area contributed by atoms with Gasteiger partial charge in [0.2, 0.25) is 10.0 Å². The lowest BCUT2D eigenvalue weighted by molar-refractivity contribution is -0.153. The van der Waals surface area contributed by atoms with E-state index in [4.69, 9.17) is 0 Å². The van der Waals surface area contributed by atoms with Crippen molar-refractivity contribution in [3.8, 4) is 0 Å². The molecule has 0 radical (unpaired) electrons. The molecule has 138 valence electrons. The van der Waals surface area contributed by atoms with Crippen LogP contribution < -0.4 is 4.72 Å². The molecular weight excluding hydrogens is 374 g/mol. The van der Waals surface area contributed by atoms with E-state index in [1.165, 1.54) is 24.5 Å². The first-order valence-electron chi connectivity index (χ1n) is 7.33. The molecule has 0 aliphatic carbocycles. The van der Waals surface area contributed by atoms with Crippen LogP contribution in [-0.2, 0) is 17.1 Å². The molecule has 0 bridgehead atoms. The molecule has 10 heteroatoms. The molecule has 0 saturated carbocycles. The SMILES string of the molecule is Cn1cnc2ccc(S(=O)(=O)N[C@H](c3ccc(F)cc3)C(F)(F)F)cc21. The quantitative estimate of drug-likeness (QED) is 0.699. The number of benzene rings is 2. The fourth-order valence-electron chi connectivity index (χ4n) is 2.48. The number of halogens is 4. The molecule has 1 atom stereocenters. The lowest BCUT2D eigenvalue weighted by atomic mass is 10.1. The largest absolute Gasteiger partial charge is 0.408 e. The van der Waals surface area contributed by atoms with Crippen molar-refractivity contribution in [2.45, 2.75) is 17.1 Å². The molecule has 0 aliphatic heterocycles. The zero-order valence-corrected chi connectivity index (χ0v) is 14.1. The molecule has 0 amide bonds. The van der Waals surface area contributed by atoms with E-state index in [1.807, 2.05) is 0 Å². The Hall–Kier alpha value is -2.46. The highest BCUT2D eigenvalue weighted by molar-refractivity contribution is 7.89. The minimum atomic E-state index is -4.90. The average Bonchev–Trinajstić information content (AvgIpc) is 2.93. The Bertz CT molecular complexity index is 1040. The Balaban J connectivity index is 2.00. The predicted molar refractivity (Wildman–Crippen MR) is 86.2 cm³/mol. The van der Waals surface area contributed by atoms with Gasteiger partial charge < -0.3 is 4.57 Å². The summed E-state index contributed by atoms with van der Waals surface area (Å²) < 4.78 is 81.3. The number of aromatic nitrogens is 2. The van der Waals surface area contributed by atoms with Gasteiger partial charge in [0.15, 0.2) is 0 Å². The number of hydrogen-bond donors (Lipinski definition) is 1. The molecule has 26 heavy (non-hydrogen) atoms. The fourth-order valence-corrected chi connectivity index (χ4v) is 3.71. The molecule has 0 aliphatic rings. The summed E-state index contributed by atoms with van der Waals surface area (Å²) in [5, 5.41) is 0. The van der Waals surface area contributed by atoms with E-state index in [-0.39, 0.29) is 4.90 Å². The van der Waals surface area contributed by atoms with Gasteiger partial charge >= 0.3 is 6.18 Å². The van der Waals surface area contributed by atoms with Crippen LogP contribution in [0.25, 0.3) is 11.0 Å². The summed E-state index contributed by atoms with van der Waals surface area (Å²) in [6.45, 7) is 0. The van der Waals surface area contributed by atoms with Gasteiger partial charge in [-0.15, -0.1) is 0 Å².